The van der Waals surface area contributed by atoms with Crippen molar-refractivity contribution >= 4 is 28.3 Å². The summed E-state index contributed by atoms with van der Waals surface area (Å²) in [5.41, 5.74) is 6.77. The Morgan fingerprint density at radius 2 is 2.00 bits per heavy atom. The van der Waals surface area contributed by atoms with Gasteiger partial charge in [-0.25, -0.2) is 4.79 Å². The molecule has 1 amide bonds. The average molecular weight is 577 g/mol. The average Bonchev–Trinajstić information content (AvgIpc) is 3.49. The smallest absolute Gasteiger partial charge is 0.354 e. The molecule has 4 heterocycles. The van der Waals surface area contributed by atoms with Gasteiger partial charge in [-0.1, -0.05) is 44.7 Å². The molecule has 6 rings (SSSR count). The first-order valence-electron chi connectivity index (χ1n) is 14.8. The summed E-state index contributed by atoms with van der Waals surface area (Å²) < 4.78 is 1.80. The number of hydrogen-bond donors (Lipinski definition) is 1. The van der Waals surface area contributed by atoms with Gasteiger partial charge >= 0.3 is 5.69 Å². The van der Waals surface area contributed by atoms with Gasteiger partial charge in [-0.05, 0) is 48.6 Å². The van der Waals surface area contributed by atoms with E-state index in [1.165, 1.54) is 6.08 Å². The van der Waals surface area contributed by atoms with Gasteiger partial charge in [0, 0.05) is 37.1 Å². The van der Waals surface area contributed by atoms with Crippen LogP contribution < -0.4 is 15.5 Å². The van der Waals surface area contributed by atoms with Gasteiger partial charge in [0.05, 0.1) is 53.9 Å². The Morgan fingerprint density at radius 3 is 2.77 bits per heavy atom. The predicted octanol–water partition coefficient (Wildman–Crippen LogP) is 4.22. The maximum Gasteiger partial charge on any atom is 0.354 e. The van der Waals surface area contributed by atoms with Crippen molar-refractivity contribution in [2.45, 2.75) is 52.1 Å². The third kappa shape index (κ3) is 4.95. The van der Waals surface area contributed by atoms with Crippen LogP contribution in [0.3, 0.4) is 0 Å². The molecule has 0 bridgehead atoms. The zero-order chi connectivity index (χ0) is 30.2. The quantitative estimate of drug-likeness (QED) is 0.342. The maximum absolute atomic E-state index is 14.1. The third-order valence-corrected chi connectivity index (χ3v) is 8.73. The van der Waals surface area contributed by atoms with Crippen LogP contribution in [0.2, 0.25) is 0 Å². The number of aryl methyl sites for hydroxylation is 1. The summed E-state index contributed by atoms with van der Waals surface area (Å²) in [6.45, 7) is 12.6. The molecule has 43 heavy (non-hydrogen) atoms. The fourth-order valence-corrected chi connectivity index (χ4v) is 6.66. The Labute approximate surface area is 250 Å². The van der Waals surface area contributed by atoms with Crippen LogP contribution in [0.1, 0.15) is 48.6 Å². The highest BCUT2D eigenvalue weighted by Crippen LogP contribution is 2.36. The van der Waals surface area contributed by atoms with E-state index in [1.807, 2.05) is 30.5 Å². The van der Waals surface area contributed by atoms with Crippen molar-refractivity contribution in [3.63, 3.8) is 0 Å². The van der Waals surface area contributed by atoms with Crippen LogP contribution in [0.15, 0.2) is 60.0 Å². The van der Waals surface area contributed by atoms with Crippen LogP contribution in [0.25, 0.3) is 16.6 Å². The number of para-hydroxylation sites is 1. The van der Waals surface area contributed by atoms with Gasteiger partial charge in [0.2, 0.25) is 5.91 Å². The number of benzene rings is 2. The normalized spacial score (nSPS) is 16.8. The van der Waals surface area contributed by atoms with Crippen molar-refractivity contribution in [3.05, 3.63) is 88.1 Å². The van der Waals surface area contributed by atoms with E-state index >= 15 is 0 Å². The van der Waals surface area contributed by atoms with E-state index in [4.69, 9.17) is 4.98 Å². The molecular formula is C33H36N8O2. The molecule has 0 saturated carbocycles. The second kappa shape index (κ2) is 11.4. The van der Waals surface area contributed by atoms with E-state index in [2.05, 4.69) is 65.5 Å². The van der Waals surface area contributed by atoms with Crippen molar-refractivity contribution < 1.29 is 4.79 Å². The molecule has 0 radical (unpaired) electrons. The number of nitrogens with one attached hydrogen (secondary N) is 1. The lowest BCUT2D eigenvalue weighted by Crippen LogP contribution is -2.55. The number of carbonyl (C=O) groups excluding carboxylic acids is 1. The van der Waals surface area contributed by atoms with Gasteiger partial charge < -0.3 is 14.7 Å². The van der Waals surface area contributed by atoms with Gasteiger partial charge in [-0.2, -0.15) is 15.3 Å². The molecule has 1 atom stereocenters. The van der Waals surface area contributed by atoms with E-state index < -0.39 is 0 Å². The van der Waals surface area contributed by atoms with Crippen LogP contribution in [0.5, 0.6) is 0 Å². The fourth-order valence-electron chi connectivity index (χ4n) is 6.66. The van der Waals surface area contributed by atoms with Gasteiger partial charge in [0.1, 0.15) is 5.82 Å². The van der Waals surface area contributed by atoms with Gasteiger partial charge in [-0.15, -0.1) is 0 Å². The second-order valence-electron chi connectivity index (χ2n) is 11.6. The molecule has 1 saturated heterocycles. The number of amides is 1. The molecule has 2 aromatic carbocycles. The van der Waals surface area contributed by atoms with E-state index in [9.17, 15) is 14.9 Å². The lowest BCUT2D eigenvalue weighted by atomic mass is 9.98. The van der Waals surface area contributed by atoms with Gasteiger partial charge in [0.25, 0.3) is 0 Å². The Balaban J connectivity index is 1.50. The molecule has 220 valence electrons. The monoisotopic (exact) mass is 576 g/mol. The third-order valence-electron chi connectivity index (χ3n) is 8.73. The molecule has 10 heteroatoms. The highest BCUT2D eigenvalue weighted by atomic mass is 16.2. The first-order valence-corrected chi connectivity index (χ1v) is 14.8. The second-order valence-corrected chi connectivity index (χ2v) is 11.6. The molecule has 2 aliphatic heterocycles. The number of nitriles is 1. The number of anilines is 2. The maximum atomic E-state index is 14.1. The van der Waals surface area contributed by atoms with Crippen LogP contribution in [-0.4, -0.2) is 62.8 Å². The molecule has 0 spiro atoms. The molecule has 0 unspecified atom stereocenters. The highest BCUT2D eigenvalue weighted by molar-refractivity contribution is 5.93. The summed E-state index contributed by atoms with van der Waals surface area (Å²) in [5, 5.41) is 18.0. The number of aromatic amines is 1. The van der Waals surface area contributed by atoms with E-state index in [0.717, 1.165) is 51.2 Å². The van der Waals surface area contributed by atoms with E-state index in [-0.39, 0.29) is 30.0 Å². The number of fused-ring (bicyclic) bond motifs is 2. The highest BCUT2D eigenvalue weighted by Gasteiger charge is 2.34. The Bertz CT molecular complexity index is 1810. The largest absolute Gasteiger partial charge is 0.365 e. The number of piperazine rings is 1. The number of carbonyl (C=O) groups is 1. The van der Waals surface area contributed by atoms with Crippen LogP contribution >= 0.6 is 0 Å². The molecule has 1 fully saturated rings. The van der Waals surface area contributed by atoms with Crippen LogP contribution in [-0.2, 0) is 17.8 Å². The van der Waals surface area contributed by atoms with Crippen molar-refractivity contribution in [2.75, 3.05) is 36.0 Å². The van der Waals surface area contributed by atoms with Crippen molar-refractivity contribution in [3.8, 4) is 11.8 Å². The van der Waals surface area contributed by atoms with Crippen LogP contribution in [0, 0.1) is 18.3 Å². The number of hydrogen-bond acceptors (Lipinski definition) is 7. The standard InChI is InChI=1S/C33H36N8O2/c1-5-30(42)40-17-16-39(19-23(40)12-14-34)32-25-13-15-38(31-22(4)10-11-27-26(31)18-35-37-27)20-29(25)41(33(43)36-32)28-9-7-6-8-24(28)21(2)3/h5-11,18,21,23H,1,12-13,15-17,19-20H2,2-4H3,(H,35,37)/t23-/m0/s1. The summed E-state index contributed by atoms with van der Waals surface area (Å²) in [6, 6.07) is 14.1. The summed E-state index contributed by atoms with van der Waals surface area (Å²) in [5.74, 6) is 0.683. The first-order chi connectivity index (χ1) is 20.8. The predicted molar refractivity (Wildman–Crippen MR) is 168 cm³/mol. The number of nitrogens with zero attached hydrogens (tertiary/aromatic N) is 7. The van der Waals surface area contributed by atoms with Gasteiger partial charge in [-0.3, -0.25) is 14.5 Å². The number of rotatable bonds is 6. The minimum absolute atomic E-state index is 0.185. The van der Waals surface area contributed by atoms with Crippen molar-refractivity contribution in [1.82, 2.24) is 24.6 Å². The molecular weight excluding hydrogens is 540 g/mol. The summed E-state index contributed by atoms with van der Waals surface area (Å²) in [6.07, 6.45) is 4.04. The SMILES string of the molecule is C=CC(=O)N1CCN(c2nc(=O)n(-c3ccccc3C(C)C)c3c2CCN(c2c(C)ccc4[nH]ncc24)C3)C[C@@H]1CC#N. The molecule has 10 nitrogen and oxygen atoms in total. The minimum atomic E-state index is -0.330. The van der Waals surface area contributed by atoms with Gasteiger partial charge in [0.15, 0.2) is 0 Å². The molecule has 4 aromatic rings. The number of aromatic nitrogens is 4. The summed E-state index contributed by atoms with van der Waals surface area (Å²) in [4.78, 5) is 37.5. The molecule has 0 aliphatic carbocycles. The zero-order valence-corrected chi connectivity index (χ0v) is 24.9. The Hall–Kier alpha value is -4.91. The molecule has 1 N–H and O–H groups in total. The topological polar surface area (TPSA) is 114 Å². The van der Waals surface area contributed by atoms with E-state index in [1.54, 1.807) is 9.47 Å². The Morgan fingerprint density at radius 1 is 1.19 bits per heavy atom. The van der Waals surface area contributed by atoms with Crippen molar-refractivity contribution in [2.24, 2.45) is 0 Å². The lowest BCUT2D eigenvalue weighted by Gasteiger charge is -2.42. The molecule has 2 aromatic heterocycles. The first kappa shape index (κ1) is 28.2. The van der Waals surface area contributed by atoms with E-state index in [0.29, 0.717) is 38.4 Å². The zero-order valence-electron chi connectivity index (χ0n) is 24.9. The van der Waals surface area contributed by atoms with Crippen LogP contribution in [0.4, 0.5) is 11.5 Å². The fraction of sp³-hybridized carbons (Fsp3) is 0.364. The lowest BCUT2D eigenvalue weighted by molar-refractivity contribution is -0.128. The minimum Gasteiger partial charge on any atom is -0.365 e. The Kier molecular flexibility index (Phi) is 7.48. The van der Waals surface area contributed by atoms with Crippen molar-refractivity contribution in [1.29, 1.82) is 5.26 Å². The number of H-pyrrole nitrogens is 1. The summed E-state index contributed by atoms with van der Waals surface area (Å²) >= 11 is 0. The molecule has 2 aliphatic rings. The summed E-state index contributed by atoms with van der Waals surface area (Å²) in [7, 11) is 0.